The van der Waals surface area contributed by atoms with Gasteiger partial charge >= 0.3 is 0 Å². The molecule has 0 aliphatic rings. The van der Waals surface area contributed by atoms with Crippen LogP contribution in [0, 0.1) is 0 Å². The zero-order chi connectivity index (χ0) is 26.9. The number of hydrogen-bond donors (Lipinski definition) is 0. The van der Waals surface area contributed by atoms with Crippen molar-refractivity contribution in [3.63, 3.8) is 0 Å². The lowest BCUT2D eigenvalue weighted by Crippen LogP contribution is -1.93. The predicted molar refractivity (Wildman–Crippen MR) is 174 cm³/mol. The summed E-state index contributed by atoms with van der Waals surface area (Å²) in [6.07, 6.45) is 0. The monoisotopic (exact) mass is 520 g/mol. The molecule has 2 nitrogen and oxygen atoms in total. The summed E-state index contributed by atoms with van der Waals surface area (Å²) in [4.78, 5) is 5.19. The first-order valence-electron chi connectivity index (χ1n) is 14.1. The van der Waals surface area contributed by atoms with Crippen LogP contribution in [-0.2, 0) is 0 Å². The van der Waals surface area contributed by atoms with E-state index < -0.39 is 0 Å². The van der Waals surface area contributed by atoms with Crippen molar-refractivity contribution in [1.29, 1.82) is 0 Å². The van der Waals surface area contributed by atoms with Crippen LogP contribution >= 0.6 is 0 Å². The van der Waals surface area contributed by atoms with E-state index in [-0.39, 0.29) is 0 Å². The zero-order valence-corrected chi connectivity index (χ0v) is 22.3. The van der Waals surface area contributed by atoms with Crippen LogP contribution in [0.15, 0.2) is 146 Å². The van der Waals surface area contributed by atoms with E-state index >= 15 is 0 Å². The first-order chi connectivity index (χ1) is 20.3. The SMILES string of the molecule is c1ccc(-c2ccc3ccc(-c4ccc5c6ccc7ccccc7c6c6nc7ccccc7n6c5c4)cc3c2)cc1. The highest BCUT2D eigenvalue weighted by Crippen LogP contribution is 2.38. The van der Waals surface area contributed by atoms with Crippen LogP contribution < -0.4 is 0 Å². The second kappa shape index (κ2) is 8.51. The summed E-state index contributed by atoms with van der Waals surface area (Å²) in [7, 11) is 0. The minimum Gasteiger partial charge on any atom is -0.292 e. The highest BCUT2D eigenvalue weighted by Gasteiger charge is 2.16. The lowest BCUT2D eigenvalue weighted by Gasteiger charge is -2.13. The van der Waals surface area contributed by atoms with Crippen molar-refractivity contribution in [3.8, 4) is 22.3 Å². The molecule has 0 radical (unpaired) electrons. The van der Waals surface area contributed by atoms with Crippen LogP contribution in [0.1, 0.15) is 0 Å². The van der Waals surface area contributed by atoms with Crippen LogP contribution in [0.25, 0.3) is 82.2 Å². The normalized spacial score (nSPS) is 11.9. The summed E-state index contributed by atoms with van der Waals surface area (Å²) in [6, 6.07) is 52.6. The third-order valence-electron chi connectivity index (χ3n) is 8.52. The summed E-state index contributed by atoms with van der Waals surface area (Å²) in [5, 5.41) is 8.63. The van der Waals surface area contributed by atoms with Gasteiger partial charge in [-0.1, -0.05) is 115 Å². The van der Waals surface area contributed by atoms with Gasteiger partial charge in [0.1, 0.15) is 5.65 Å². The fourth-order valence-corrected chi connectivity index (χ4v) is 6.53. The lowest BCUT2D eigenvalue weighted by molar-refractivity contribution is 1.32. The highest BCUT2D eigenvalue weighted by atomic mass is 15.0. The third kappa shape index (κ3) is 3.34. The molecule has 7 aromatic carbocycles. The minimum absolute atomic E-state index is 1.01. The molecule has 0 N–H and O–H groups in total. The van der Waals surface area contributed by atoms with Gasteiger partial charge < -0.3 is 0 Å². The number of benzene rings is 7. The topological polar surface area (TPSA) is 17.3 Å². The van der Waals surface area contributed by atoms with Crippen molar-refractivity contribution in [1.82, 2.24) is 9.38 Å². The molecule has 0 amide bonds. The molecule has 9 aromatic rings. The molecule has 0 bridgehead atoms. The van der Waals surface area contributed by atoms with Crippen LogP contribution in [-0.4, -0.2) is 9.38 Å². The van der Waals surface area contributed by atoms with Gasteiger partial charge in [0, 0.05) is 10.8 Å². The Hall–Kier alpha value is -5.47. The molecular weight excluding hydrogens is 496 g/mol. The predicted octanol–water partition coefficient (Wildman–Crippen LogP) is 10.4. The fraction of sp³-hybridized carbons (Fsp3) is 0. The van der Waals surface area contributed by atoms with Gasteiger partial charge in [0.2, 0.25) is 0 Å². The number of pyridine rings is 1. The first-order valence-corrected chi connectivity index (χ1v) is 14.1. The molecular formula is C39H24N2. The summed E-state index contributed by atoms with van der Waals surface area (Å²) in [5.74, 6) is 0. The maximum atomic E-state index is 5.19. The second-order valence-corrected chi connectivity index (χ2v) is 10.8. The molecule has 0 fully saturated rings. The largest absolute Gasteiger partial charge is 0.292 e. The van der Waals surface area contributed by atoms with Gasteiger partial charge in [-0.05, 0) is 79.5 Å². The Kier molecular flexibility index (Phi) is 4.64. The summed E-state index contributed by atoms with van der Waals surface area (Å²) < 4.78 is 2.36. The first kappa shape index (κ1) is 22.4. The standard InChI is InChI=1S/C39H24N2/c1-2-8-25(9-3-1)28-16-14-26-15-17-29(23-31(26)22-28)30-19-20-33-34-21-18-27-10-4-5-11-32(27)38(34)39-40-35-12-6-7-13-36(35)41(39)37(33)24-30/h1-24H. The third-order valence-corrected chi connectivity index (χ3v) is 8.52. The van der Waals surface area contributed by atoms with Gasteiger partial charge in [-0.3, -0.25) is 4.40 Å². The Morgan fingerprint density at radius 2 is 1.05 bits per heavy atom. The number of nitrogens with zero attached hydrogens (tertiary/aromatic N) is 2. The molecule has 2 aromatic heterocycles. The lowest BCUT2D eigenvalue weighted by atomic mass is 9.95. The average molecular weight is 521 g/mol. The number of hydrogen-bond acceptors (Lipinski definition) is 1. The Bertz CT molecular complexity index is 2470. The molecule has 0 aliphatic carbocycles. The zero-order valence-electron chi connectivity index (χ0n) is 22.3. The minimum atomic E-state index is 1.01. The molecule has 0 aliphatic heterocycles. The summed E-state index contributed by atoms with van der Waals surface area (Å²) >= 11 is 0. The maximum Gasteiger partial charge on any atom is 0.147 e. The van der Waals surface area contributed by atoms with Crippen LogP contribution in [0.2, 0.25) is 0 Å². The molecule has 0 unspecified atom stereocenters. The van der Waals surface area contributed by atoms with E-state index in [1.165, 1.54) is 65.5 Å². The van der Waals surface area contributed by atoms with Crippen molar-refractivity contribution in [2.45, 2.75) is 0 Å². The molecule has 0 atom stereocenters. The van der Waals surface area contributed by atoms with Crippen LogP contribution in [0.5, 0.6) is 0 Å². The molecule has 0 spiro atoms. The van der Waals surface area contributed by atoms with E-state index in [2.05, 4.69) is 150 Å². The van der Waals surface area contributed by atoms with E-state index in [9.17, 15) is 0 Å². The van der Waals surface area contributed by atoms with Crippen molar-refractivity contribution >= 4 is 59.9 Å². The maximum absolute atomic E-state index is 5.19. The van der Waals surface area contributed by atoms with Crippen molar-refractivity contribution in [3.05, 3.63) is 146 Å². The van der Waals surface area contributed by atoms with E-state index in [1.54, 1.807) is 0 Å². The van der Waals surface area contributed by atoms with E-state index in [4.69, 9.17) is 4.98 Å². The van der Waals surface area contributed by atoms with Crippen molar-refractivity contribution in [2.24, 2.45) is 0 Å². The molecule has 0 saturated heterocycles. The molecule has 2 heteroatoms. The molecule has 190 valence electrons. The van der Waals surface area contributed by atoms with Gasteiger partial charge in [0.25, 0.3) is 0 Å². The number of fused-ring (bicyclic) bond motifs is 11. The van der Waals surface area contributed by atoms with E-state index in [0.717, 1.165) is 16.7 Å². The summed E-state index contributed by atoms with van der Waals surface area (Å²) in [6.45, 7) is 0. The molecule has 41 heavy (non-hydrogen) atoms. The van der Waals surface area contributed by atoms with Gasteiger partial charge in [-0.2, -0.15) is 0 Å². The van der Waals surface area contributed by atoms with Crippen molar-refractivity contribution < 1.29 is 0 Å². The summed E-state index contributed by atoms with van der Waals surface area (Å²) in [5.41, 5.74) is 9.20. The Balaban J connectivity index is 1.33. The van der Waals surface area contributed by atoms with Crippen LogP contribution in [0.3, 0.4) is 0 Å². The average Bonchev–Trinajstić information content (AvgIpc) is 3.44. The Morgan fingerprint density at radius 3 is 1.93 bits per heavy atom. The van der Waals surface area contributed by atoms with E-state index in [0.29, 0.717) is 0 Å². The smallest absolute Gasteiger partial charge is 0.147 e. The fourth-order valence-electron chi connectivity index (χ4n) is 6.53. The van der Waals surface area contributed by atoms with E-state index in [1.807, 2.05) is 0 Å². The molecule has 9 rings (SSSR count). The number of para-hydroxylation sites is 2. The number of aromatic nitrogens is 2. The second-order valence-electron chi connectivity index (χ2n) is 10.8. The van der Waals surface area contributed by atoms with Gasteiger partial charge in [0.15, 0.2) is 0 Å². The number of imidazole rings is 1. The van der Waals surface area contributed by atoms with Gasteiger partial charge in [-0.15, -0.1) is 0 Å². The van der Waals surface area contributed by atoms with Gasteiger partial charge in [-0.25, -0.2) is 4.98 Å². The Morgan fingerprint density at radius 1 is 0.390 bits per heavy atom. The molecule has 0 saturated carbocycles. The van der Waals surface area contributed by atoms with Crippen LogP contribution in [0.4, 0.5) is 0 Å². The van der Waals surface area contributed by atoms with Gasteiger partial charge in [0.05, 0.1) is 16.6 Å². The quantitative estimate of drug-likeness (QED) is 0.207. The highest BCUT2D eigenvalue weighted by molar-refractivity contribution is 6.23. The van der Waals surface area contributed by atoms with Crippen molar-refractivity contribution in [2.75, 3.05) is 0 Å². The Labute approximate surface area is 236 Å². The molecule has 2 heterocycles. The number of rotatable bonds is 2.